The fourth-order valence-corrected chi connectivity index (χ4v) is 1.56. The lowest BCUT2D eigenvalue weighted by Crippen LogP contribution is -2.00. The van der Waals surface area contributed by atoms with Gasteiger partial charge >= 0.3 is 5.97 Å². The Morgan fingerprint density at radius 2 is 1.88 bits per heavy atom. The number of carboxylic acid groups (broad SMARTS) is 1. The van der Waals surface area contributed by atoms with Crippen LogP contribution in [0.4, 0.5) is 0 Å². The zero-order chi connectivity index (χ0) is 11.5. The molecule has 4 nitrogen and oxygen atoms in total. The van der Waals surface area contributed by atoms with Crippen LogP contribution in [0.25, 0.3) is 11.1 Å². The number of carboxylic acids is 1. The molecule has 0 saturated carbocycles. The standard InChI is InChI=1S/C11H7ClN2O2/c12-10-8(7-3-5-13-6-4-7)1-2-9(14-10)11(15)16/h1-6H,(H,15,16). The van der Waals surface area contributed by atoms with Crippen molar-refractivity contribution in [3.05, 3.63) is 47.5 Å². The Kier molecular flexibility index (Phi) is 2.83. The Labute approximate surface area is 96.6 Å². The highest BCUT2D eigenvalue weighted by Gasteiger charge is 2.09. The van der Waals surface area contributed by atoms with E-state index in [0.717, 1.165) is 5.56 Å². The van der Waals surface area contributed by atoms with Gasteiger partial charge in [0.05, 0.1) is 0 Å². The second kappa shape index (κ2) is 4.28. The number of pyridine rings is 2. The predicted molar refractivity (Wildman–Crippen MR) is 59.4 cm³/mol. The summed E-state index contributed by atoms with van der Waals surface area (Å²) in [6, 6.07) is 6.62. The number of halogens is 1. The Hall–Kier alpha value is -1.94. The summed E-state index contributed by atoms with van der Waals surface area (Å²) in [5, 5.41) is 8.91. The normalized spacial score (nSPS) is 10.1. The van der Waals surface area contributed by atoms with Crippen LogP contribution in [-0.2, 0) is 0 Å². The number of aromatic carboxylic acids is 1. The Balaban J connectivity index is 2.48. The van der Waals surface area contributed by atoms with Crippen LogP contribution < -0.4 is 0 Å². The molecule has 80 valence electrons. The minimum Gasteiger partial charge on any atom is -0.477 e. The molecule has 0 fully saturated rings. The Morgan fingerprint density at radius 3 is 2.44 bits per heavy atom. The van der Waals surface area contributed by atoms with Crippen molar-refractivity contribution in [3.8, 4) is 11.1 Å². The third-order valence-electron chi connectivity index (χ3n) is 2.06. The van der Waals surface area contributed by atoms with E-state index in [1.54, 1.807) is 30.6 Å². The Bertz CT molecular complexity index is 529. The van der Waals surface area contributed by atoms with Crippen molar-refractivity contribution in [1.29, 1.82) is 0 Å². The first-order valence-corrected chi connectivity index (χ1v) is 4.86. The van der Waals surface area contributed by atoms with Gasteiger partial charge in [-0.2, -0.15) is 0 Å². The van der Waals surface area contributed by atoms with E-state index in [4.69, 9.17) is 16.7 Å². The molecule has 2 rings (SSSR count). The molecule has 0 amide bonds. The van der Waals surface area contributed by atoms with Crippen LogP contribution in [0.2, 0.25) is 5.15 Å². The average Bonchev–Trinajstić information content (AvgIpc) is 2.30. The summed E-state index contributed by atoms with van der Waals surface area (Å²) in [5.41, 5.74) is 1.47. The first kappa shape index (κ1) is 10.6. The molecule has 2 aromatic rings. The van der Waals surface area contributed by atoms with E-state index in [2.05, 4.69) is 9.97 Å². The molecule has 0 unspecified atom stereocenters. The van der Waals surface area contributed by atoms with E-state index in [0.29, 0.717) is 5.56 Å². The van der Waals surface area contributed by atoms with Gasteiger partial charge in [-0.25, -0.2) is 9.78 Å². The molecular formula is C11H7ClN2O2. The molecule has 1 N–H and O–H groups in total. The highest BCUT2D eigenvalue weighted by molar-refractivity contribution is 6.32. The predicted octanol–water partition coefficient (Wildman–Crippen LogP) is 2.50. The van der Waals surface area contributed by atoms with Crippen molar-refractivity contribution >= 4 is 17.6 Å². The van der Waals surface area contributed by atoms with Gasteiger partial charge in [0, 0.05) is 18.0 Å². The van der Waals surface area contributed by atoms with Gasteiger partial charge in [0.1, 0.15) is 10.8 Å². The maximum absolute atomic E-state index is 10.7. The molecule has 0 aliphatic carbocycles. The van der Waals surface area contributed by atoms with Crippen molar-refractivity contribution < 1.29 is 9.90 Å². The molecular weight excluding hydrogens is 228 g/mol. The van der Waals surface area contributed by atoms with Gasteiger partial charge in [0.2, 0.25) is 0 Å². The number of aromatic nitrogens is 2. The Morgan fingerprint density at radius 1 is 1.19 bits per heavy atom. The summed E-state index contributed by atoms with van der Waals surface area (Å²) < 4.78 is 0. The smallest absolute Gasteiger partial charge is 0.354 e. The van der Waals surface area contributed by atoms with Crippen molar-refractivity contribution in [1.82, 2.24) is 9.97 Å². The van der Waals surface area contributed by atoms with Gasteiger partial charge in [-0.1, -0.05) is 11.6 Å². The molecule has 5 heteroatoms. The largest absolute Gasteiger partial charge is 0.477 e. The van der Waals surface area contributed by atoms with Crippen LogP contribution in [0, 0.1) is 0 Å². The van der Waals surface area contributed by atoms with Crippen LogP contribution in [0.15, 0.2) is 36.7 Å². The summed E-state index contributed by atoms with van der Waals surface area (Å²) in [7, 11) is 0. The number of hydrogen-bond donors (Lipinski definition) is 1. The van der Waals surface area contributed by atoms with Crippen LogP contribution in [0.1, 0.15) is 10.5 Å². The molecule has 0 aromatic carbocycles. The monoisotopic (exact) mass is 234 g/mol. The van der Waals surface area contributed by atoms with E-state index in [9.17, 15) is 4.79 Å². The van der Waals surface area contributed by atoms with Gasteiger partial charge in [-0.3, -0.25) is 4.98 Å². The average molecular weight is 235 g/mol. The minimum atomic E-state index is -1.09. The third kappa shape index (κ3) is 2.01. The molecule has 0 atom stereocenters. The zero-order valence-corrected chi connectivity index (χ0v) is 8.85. The molecule has 0 saturated heterocycles. The van der Waals surface area contributed by atoms with E-state index in [-0.39, 0.29) is 10.8 Å². The number of rotatable bonds is 2. The van der Waals surface area contributed by atoms with E-state index in [1.807, 2.05) is 0 Å². The van der Waals surface area contributed by atoms with Crippen molar-refractivity contribution in [2.24, 2.45) is 0 Å². The zero-order valence-electron chi connectivity index (χ0n) is 8.09. The van der Waals surface area contributed by atoms with Gasteiger partial charge in [0.15, 0.2) is 0 Å². The summed E-state index contributed by atoms with van der Waals surface area (Å²) in [6.45, 7) is 0. The molecule has 2 heterocycles. The first-order chi connectivity index (χ1) is 7.68. The maximum Gasteiger partial charge on any atom is 0.354 e. The molecule has 0 aliphatic heterocycles. The number of hydrogen-bond acceptors (Lipinski definition) is 3. The van der Waals surface area contributed by atoms with Gasteiger partial charge in [0.25, 0.3) is 0 Å². The topological polar surface area (TPSA) is 63.1 Å². The first-order valence-electron chi connectivity index (χ1n) is 4.49. The van der Waals surface area contributed by atoms with Crippen LogP contribution in [0.5, 0.6) is 0 Å². The third-order valence-corrected chi connectivity index (χ3v) is 2.35. The lowest BCUT2D eigenvalue weighted by Gasteiger charge is -2.03. The summed E-state index contributed by atoms with van der Waals surface area (Å²) in [5.74, 6) is -1.09. The number of nitrogens with zero attached hydrogens (tertiary/aromatic N) is 2. The van der Waals surface area contributed by atoms with E-state index >= 15 is 0 Å². The van der Waals surface area contributed by atoms with Crippen LogP contribution in [-0.4, -0.2) is 21.0 Å². The molecule has 16 heavy (non-hydrogen) atoms. The van der Waals surface area contributed by atoms with Crippen LogP contribution >= 0.6 is 11.6 Å². The lowest BCUT2D eigenvalue weighted by atomic mass is 10.1. The summed E-state index contributed by atoms with van der Waals surface area (Å²) in [6.07, 6.45) is 3.27. The fraction of sp³-hybridized carbons (Fsp3) is 0. The van der Waals surface area contributed by atoms with Crippen LogP contribution in [0.3, 0.4) is 0 Å². The molecule has 0 aliphatic rings. The fourth-order valence-electron chi connectivity index (χ4n) is 1.30. The minimum absolute atomic E-state index is 0.0668. The van der Waals surface area contributed by atoms with Crippen molar-refractivity contribution in [2.75, 3.05) is 0 Å². The highest BCUT2D eigenvalue weighted by Crippen LogP contribution is 2.25. The number of carbonyl (C=O) groups is 1. The lowest BCUT2D eigenvalue weighted by molar-refractivity contribution is 0.0690. The van der Waals surface area contributed by atoms with Crippen molar-refractivity contribution in [3.63, 3.8) is 0 Å². The molecule has 0 radical (unpaired) electrons. The van der Waals surface area contributed by atoms with E-state index in [1.165, 1.54) is 6.07 Å². The maximum atomic E-state index is 10.7. The van der Waals surface area contributed by atoms with E-state index < -0.39 is 5.97 Å². The molecule has 0 spiro atoms. The SMILES string of the molecule is O=C(O)c1ccc(-c2ccncc2)c(Cl)n1. The highest BCUT2D eigenvalue weighted by atomic mass is 35.5. The second-order valence-corrected chi connectivity index (χ2v) is 3.43. The molecule has 0 bridgehead atoms. The van der Waals surface area contributed by atoms with Gasteiger partial charge in [-0.15, -0.1) is 0 Å². The quantitative estimate of drug-likeness (QED) is 0.811. The van der Waals surface area contributed by atoms with Gasteiger partial charge < -0.3 is 5.11 Å². The second-order valence-electron chi connectivity index (χ2n) is 3.08. The van der Waals surface area contributed by atoms with Gasteiger partial charge in [-0.05, 0) is 29.8 Å². The molecule has 2 aromatic heterocycles. The summed E-state index contributed by atoms with van der Waals surface area (Å²) >= 11 is 5.91. The van der Waals surface area contributed by atoms with Crippen molar-refractivity contribution in [2.45, 2.75) is 0 Å². The summed E-state index contributed by atoms with van der Waals surface area (Å²) in [4.78, 5) is 18.4.